The van der Waals surface area contributed by atoms with Crippen LogP contribution in [0.5, 0.6) is 0 Å². The van der Waals surface area contributed by atoms with Crippen molar-refractivity contribution in [1.29, 1.82) is 0 Å². The minimum absolute atomic E-state index is 0. The maximum Gasteiger partial charge on any atom is 0.337 e. The van der Waals surface area contributed by atoms with E-state index in [1.807, 2.05) is 44.1 Å². The number of carbonyl (C=O) groups excluding carboxylic acids is 2. The van der Waals surface area contributed by atoms with Crippen molar-refractivity contribution in [1.82, 2.24) is 9.88 Å². The molecule has 0 unspecified atom stereocenters. The highest BCUT2D eigenvalue weighted by molar-refractivity contribution is 7.22. The first-order chi connectivity index (χ1) is 13.4. The topological polar surface area (TPSA) is 62.7 Å². The number of rotatable bonds is 6. The molecule has 0 N–H and O–H groups in total. The third-order valence-electron chi connectivity index (χ3n) is 4.41. The smallest absolute Gasteiger partial charge is 0.337 e. The van der Waals surface area contributed by atoms with Crippen LogP contribution in [0.2, 0.25) is 0 Å². The summed E-state index contributed by atoms with van der Waals surface area (Å²) >= 11 is 1.51. The Morgan fingerprint density at radius 3 is 2.28 bits per heavy atom. The number of hydrogen-bond donors (Lipinski definition) is 0. The number of halogens is 1. The first-order valence-corrected chi connectivity index (χ1v) is 9.73. The zero-order valence-electron chi connectivity index (χ0n) is 16.8. The Kier molecular flexibility index (Phi) is 7.73. The Morgan fingerprint density at radius 2 is 1.69 bits per heavy atom. The number of methoxy groups -OCH3 is 1. The van der Waals surface area contributed by atoms with Crippen LogP contribution in [-0.2, 0) is 4.74 Å². The van der Waals surface area contributed by atoms with E-state index in [-0.39, 0.29) is 18.3 Å². The van der Waals surface area contributed by atoms with Crippen molar-refractivity contribution in [3.63, 3.8) is 0 Å². The van der Waals surface area contributed by atoms with Gasteiger partial charge in [0.1, 0.15) is 0 Å². The number of aryl methyl sites for hydroxylation is 1. The zero-order chi connectivity index (χ0) is 20.3. The van der Waals surface area contributed by atoms with E-state index in [1.165, 1.54) is 18.4 Å². The van der Waals surface area contributed by atoms with Gasteiger partial charge in [0.05, 0.1) is 22.9 Å². The lowest BCUT2D eigenvalue weighted by Gasteiger charge is -2.22. The molecule has 8 heteroatoms. The average molecular weight is 434 g/mol. The van der Waals surface area contributed by atoms with E-state index in [9.17, 15) is 9.59 Å². The van der Waals surface area contributed by atoms with Gasteiger partial charge < -0.3 is 9.64 Å². The van der Waals surface area contributed by atoms with Crippen molar-refractivity contribution in [2.45, 2.75) is 6.92 Å². The molecule has 0 aliphatic rings. The Morgan fingerprint density at radius 1 is 1.03 bits per heavy atom. The van der Waals surface area contributed by atoms with E-state index in [1.54, 1.807) is 29.2 Å². The molecule has 3 aromatic rings. The molecule has 0 aliphatic heterocycles. The Hall–Kier alpha value is -2.48. The lowest BCUT2D eigenvalue weighted by molar-refractivity contribution is 0.0600. The van der Waals surface area contributed by atoms with Gasteiger partial charge in [-0.1, -0.05) is 23.5 Å². The summed E-state index contributed by atoms with van der Waals surface area (Å²) in [7, 11) is 5.27. The number of para-hydroxylation sites is 1. The van der Waals surface area contributed by atoms with Crippen LogP contribution in [0.4, 0.5) is 5.13 Å². The molecule has 0 saturated carbocycles. The summed E-state index contributed by atoms with van der Waals surface area (Å²) in [6.07, 6.45) is 0. The fraction of sp³-hybridized carbons (Fsp3) is 0.286. The van der Waals surface area contributed by atoms with E-state index in [0.29, 0.717) is 29.3 Å². The molecule has 0 bridgehead atoms. The predicted octanol–water partition coefficient (Wildman–Crippen LogP) is 4.02. The second-order valence-electron chi connectivity index (χ2n) is 6.75. The number of benzene rings is 2. The number of aromatic nitrogens is 1. The third kappa shape index (κ3) is 5.12. The second-order valence-corrected chi connectivity index (χ2v) is 7.76. The van der Waals surface area contributed by atoms with Crippen molar-refractivity contribution < 1.29 is 14.3 Å². The van der Waals surface area contributed by atoms with Crippen LogP contribution in [0.1, 0.15) is 26.3 Å². The number of esters is 1. The number of hydrogen-bond acceptors (Lipinski definition) is 6. The van der Waals surface area contributed by atoms with E-state index in [4.69, 9.17) is 9.72 Å². The molecule has 1 heterocycles. The lowest BCUT2D eigenvalue weighted by atomic mass is 10.1. The fourth-order valence-electron chi connectivity index (χ4n) is 2.80. The molecule has 0 saturated heterocycles. The molecule has 0 atom stereocenters. The van der Waals surface area contributed by atoms with Gasteiger partial charge in [-0.15, -0.1) is 12.4 Å². The Bertz CT molecular complexity index is 1000. The summed E-state index contributed by atoms with van der Waals surface area (Å²) in [6.45, 7) is 3.24. The first-order valence-electron chi connectivity index (χ1n) is 8.92. The maximum atomic E-state index is 13.2. The lowest BCUT2D eigenvalue weighted by Crippen LogP contribution is -2.36. The van der Waals surface area contributed by atoms with E-state index >= 15 is 0 Å². The molecule has 29 heavy (non-hydrogen) atoms. The molecular formula is C21H24ClN3O3S. The normalized spacial score (nSPS) is 10.7. The molecule has 2 aromatic carbocycles. The highest BCUT2D eigenvalue weighted by atomic mass is 35.5. The second kappa shape index (κ2) is 9.82. The van der Waals surface area contributed by atoms with Gasteiger partial charge in [0, 0.05) is 18.7 Å². The monoisotopic (exact) mass is 433 g/mol. The van der Waals surface area contributed by atoms with Gasteiger partial charge in [0.25, 0.3) is 5.91 Å². The summed E-state index contributed by atoms with van der Waals surface area (Å²) in [5.74, 6) is -0.569. The van der Waals surface area contributed by atoms with Crippen molar-refractivity contribution in [2.75, 3.05) is 39.2 Å². The summed E-state index contributed by atoms with van der Waals surface area (Å²) < 4.78 is 5.77. The third-order valence-corrected chi connectivity index (χ3v) is 5.45. The number of fused-ring (bicyclic) bond motifs is 1. The molecule has 0 spiro atoms. The molecule has 3 rings (SSSR count). The number of ether oxygens (including phenoxy) is 1. The minimum atomic E-state index is -0.426. The van der Waals surface area contributed by atoms with Gasteiger partial charge in [-0.25, -0.2) is 9.78 Å². The molecule has 6 nitrogen and oxygen atoms in total. The predicted molar refractivity (Wildman–Crippen MR) is 120 cm³/mol. The van der Waals surface area contributed by atoms with Gasteiger partial charge in [0.2, 0.25) is 0 Å². The van der Waals surface area contributed by atoms with Crippen molar-refractivity contribution in [3.8, 4) is 0 Å². The average Bonchev–Trinajstić information content (AvgIpc) is 3.12. The quantitative estimate of drug-likeness (QED) is 0.549. The number of anilines is 1. The number of carbonyl (C=O) groups is 2. The molecular weight excluding hydrogens is 410 g/mol. The zero-order valence-corrected chi connectivity index (χ0v) is 18.5. The highest BCUT2D eigenvalue weighted by Crippen LogP contribution is 2.31. The van der Waals surface area contributed by atoms with Crippen LogP contribution in [0.3, 0.4) is 0 Å². The van der Waals surface area contributed by atoms with Crippen LogP contribution in [-0.4, -0.2) is 56.1 Å². The summed E-state index contributed by atoms with van der Waals surface area (Å²) in [6, 6.07) is 12.5. The first kappa shape index (κ1) is 22.8. The van der Waals surface area contributed by atoms with Crippen LogP contribution >= 0.6 is 23.7 Å². The van der Waals surface area contributed by atoms with Gasteiger partial charge in [-0.05, 0) is 56.9 Å². The molecule has 0 aliphatic carbocycles. The number of amides is 1. The maximum absolute atomic E-state index is 13.2. The minimum Gasteiger partial charge on any atom is -0.465 e. The number of nitrogens with zero attached hydrogens (tertiary/aromatic N) is 3. The fourth-order valence-corrected chi connectivity index (χ4v) is 3.86. The van der Waals surface area contributed by atoms with Gasteiger partial charge in [-0.2, -0.15) is 0 Å². The molecule has 1 amide bonds. The van der Waals surface area contributed by atoms with E-state index in [2.05, 4.69) is 0 Å². The van der Waals surface area contributed by atoms with E-state index < -0.39 is 5.97 Å². The Balaban J connectivity index is 0.00000300. The van der Waals surface area contributed by atoms with Crippen LogP contribution in [0.15, 0.2) is 42.5 Å². The summed E-state index contributed by atoms with van der Waals surface area (Å²) in [5.41, 5.74) is 2.92. The largest absolute Gasteiger partial charge is 0.465 e. The van der Waals surface area contributed by atoms with Gasteiger partial charge in [0.15, 0.2) is 5.13 Å². The Labute approximate surface area is 180 Å². The summed E-state index contributed by atoms with van der Waals surface area (Å²) in [4.78, 5) is 33.3. The van der Waals surface area contributed by atoms with Crippen LogP contribution in [0.25, 0.3) is 10.2 Å². The standard InChI is InChI=1S/C21H23N3O3S.ClH/c1-14-6-5-7-17-18(14)22-21(28-17)24(13-12-23(2)3)19(25)15-8-10-16(11-9-15)20(26)27-4;/h5-11H,12-13H2,1-4H3;1H. The van der Waals surface area contributed by atoms with Gasteiger partial charge in [-0.3, -0.25) is 9.69 Å². The van der Waals surface area contributed by atoms with Crippen LogP contribution in [0, 0.1) is 6.92 Å². The van der Waals surface area contributed by atoms with Gasteiger partial charge >= 0.3 is 5.97 Å². The SMILES string of the molecule is COC(=O)c1ccc(C(=O)N(CCN(C)C)c2nc3c(C)cccc3s2)cc1.Cl. The highest BCUT2D eigenvalue weighted by Gasteiger charge is 2.22. The molecule has 1 aromatic heterocycles. The van der Waals surface area contributed by atoms with E-state index in [0.717, 1.165) is 15.8 Å². The van der Waals surface area contributed by atoms with Crippen molar-refractivity contribution in [3.05, 3.63) is 59.2 Å². The molecule has 154 valence electrons. The van der Waals surface area contributed by atoms with Crippen molar-refractivity contribution >= 4 is 51.0 Å². The summed E-state index contributed by atoms with van der Waals surface area (Å²) in [5, 5.41) is 0.674. The van der Waals surface area contributed by atoms with Crippen molar-refractivity contribution in [2.24, 2.45) is 0 Å². The van der Waals surface area contributed by atoms with Crippen LogP contribution < -0.4 is 4.90 Å². The molecule has 0 radical (unpaired) electrons. The number of thiazole rings is 1. The molecule has 0 fully saturated rings. The number of likely N-dealkylation sites (N-methyl/N-ethyl adjacent to an activating group) is 1.